The van der Waals surface area contributed by atoms with Crippen LogP contribution in [0, 0.1) is 0 Å². The summed E-state index contributed by atoms with van der Waals surface area (Å²) in [5.41, 5.74) is 0.601. The molecule has 1 aromatic rings. The summed E-state index contributed by atoms with van der Waals surface area (Å²) in [6, 6.07) is 6.92. The average Bonchev–Trinajstić information content (AvgIpc) is 2.04. The molecule has 0 saturated heterocycles. The van der Waals surface area contributed by atoms with Gasteiger partial charge in [-0.1, -0.05) is 28.1 Å². The fourth-order valence-corrected chi connectivity index (χ4v) is 1.47. The molecule has 1 atom stereocenters. The van der Waals surface area contributed by atoms with Crippen molar-refractivity contribution in [2.75, 3.05) is 6.61 Å². The molecular formula is C9H9BrO3. The fourth-order valence-electron chi connectivity index (χ4n) is 1.05. The van der Waals surface area contributed by atoms with Crippen LogP contribution in [0.4, 0.5) is 0 Å². The van der Waals surface area contributed by atoms with E-state index in [1.54, 1.807) is 24.3 Å². The Morgan fingerprint density at radius 2 is 2.23 bits per heavy atom. The highest BCUT2D eigenvalue weighted by atomic mass is 79.9. The van der Waals surface area contributed by atoms with Gasteiger partial charge >= 0.3 is 5.97 Å². The summed E-state index contributed by atoms with van der Waals surface area (Å²) in [6.45, 7) is -0.383. The quantitative estimate of drug-likeness (QED) is 0.850. The topological polar surface area (TPSA) is 57.5 Å². The zero-order valence-electron chi connectivity index (χ0n) is 6.77. The number of carboxylic acids is 1. The number of benzene rings is 1. The van der Waals surface area contributed by atoms with Crippen LogP contribution in [0.25, 0.3) is 0 Å². The lowest BCUT2D eigenvalue weighted by Crippen LogP contribution is -2.15. The number of carboxylic acid groups (broad SMARTS) is 1. The Hall–Kier alpha value is -0.870. The van der Waals surface area contributed by atoms with Gasteiger partial charge in [0.1, 0.15) is 5.92 Å². The van der Waals surface area contributed by atoms with E-state index in [1.807, 2.05) is 0 Å². The van der Waals surface area contributed by atoms with Crippen molar-refractivity contribution in [1.29, 1.82) is 0 Å². The lowest BCUT2D eigenvalue weighted by atomic mass is 10.0. The molecule has 2 N–H and O–H groups in total. The number of halogens is 1. The first-order chi connectivity index (χ1) is 6.15. The zero-order chi connectivity index (χ0) is 9.84. The molecule has 1 aromatic carbocycles. The molecule has 4 heteroatoms. The van der Waals surface area contributed by atoms with Gasteiger partial charge < -0.3 is 10.2 Å². The van der Waals surface area contributed by atoms with Gasteiger partial charge in [-0.25, -0.2) is 0 Å². The molecule has 0 fully saturated rings. The van der Waals surface area contributed by atoms with E-state index in [2.05, 4.69) is 15.9 Å². The molecule has 0 aliphatic carbocycles. The third-order valence-corrected chi connectivity index (χ3v) is 2.22. The highest BCUT2D eigenvalue weighted by molar-refractivity contribution is 9.10. The van der Waals surface area contributed by atoms with Gasteiger partial charge in [0.05, 0.1) is 6.61 Å². The maximum atomic E-state index is 10.7. The monoisotopic (exact) mass is 244 g/mol. The van der Waals surface area contributed by atoms with E-state index >= 15 is 0 Å². The largest absolute Gasteiger partial charge is 0.481 e. The van der Waals surface area contributed by atoms with E-state index in [4.69, 9.17) is 10.2 Å². The van der Waals surface area contributed by atoms with Crippen LogP contribution >= 0.6 is 15.9 Å². The molecule has 70 valence electrons. The van der Waals surface area contributed by atoms with Gasteiger partial charge in [0.15, 0.2) is 0 Å². The fraction of sp³-hybridized carbons (Fsp3) is 0.222. The lowest BCUT2D eigenvalue weighted by molar-refractivity contribution is -0.139. The van der Waals surface area contributed by atoms with E-state index in [0.29, 0.717) is 5.56 Å². The molecular weight excluding hydrogens is 236 g/mol. The molecule has 0 aliphatic rings. The van der Waals surface area contributed by atoms with Gasteiger partial charge in [0, 0.05) is 4.47 Å². The number of aliphatic carboxylic acids is 1. The molecule has 3 nitrogen and oxygen atoms in total. The first kappa shape index (κ1) is 10.2. The van der Waals surface area contributed by atoms with Crippen molar-refractivity contribution in [3.63, 3.8) is 0 Å². The molecule has 0 radical (unpaired) electrons. The van der Waals surface area contributed by atoms with Crippen molar-refractivity contribution in [3.8, 4) is 0 Å². The minimum atomic E-state index is -1.01. The number of aliphatic hydroxyl groups is 1. The summed E-state index contributed by atoms with van der Waals surface area (Å²) >= 11 is 3.23. The number of hydrogen-bond donors (Lipinski definition) is 2. The summed E-state index contributed by atoms with van der Waals surface area (Å²) in [4.78, 5) is 10.7. The molecule has 0 bridgehead atoms. The minimum absolute atomic E-state index is 0.383. The van der Waals surface area contributed by atoms with Crippen LogP contribution in [0.1, 0.15) is 11.5 Å². The van der Waals surface area contributed by atoms with Crippen molar-refractivity contribution in [1.82, 2.24) is 0 Å². The molecule has 0 aromatic heterocycles. The van der Waals surface area contributed by atoms with Crippen LogP contribution in [-0.4, -0.2) is 22.8 Å². The Bertz CT molecular complexity index is 311. The average molecular weight is 245 g/mol. The molecule has 1 rings (SSSR count). The first-order valence-corrected chi connectivity index (χ1v) is 4.53. The highest BCUT2D eigenvalue weighted by Crippen LogP contribution is 2.19. The Labute approximate surface area is 84.1 Å². The van der Waals surface area contributed by atoms with Crippen molar-refractivity contribution >= 4 is 21.9 Å². The van der Waals surface area contributed by atoms with Crippen LogP contribution in [-0.2, 0) is 4.79 Å². The summed E-state index contributed by atoms with van der Waals surface area (Å²) in [7, 11) is 0. The van der Waals surface area contributed by atoms with Crippen LogP contribution in [0.3, 0.4) is 0 Å². The van der Waals surface area contributed by atoms with Gasteiger partial charge in [0.2, 0.25) is 0 Å². The van der Waals surface area contributed by atoms with E-state index in [-0.39, 0.29) is 6.61 Å². The second kappa shape index (κ2) is 4.39. The second-order valence-corrected chi connectivity index (χ2v) is 3.54. The maximum Gasteiger partial charge on any atom is 0.313 e. The standard InChI is InChI=1S/C9H9BrO3/c10-7-3-1-2-6(4-7)8(5-11)9(12)13/h1-4,8,11H,5H2,(H,12,13)/t8-/m0/s1. The molecule has 0 unspecified atom stereocenters. The van der Waals surface area contributed by atoms with Crippen molar-refractivity contribution in [2.45, 2.75) is 5.92 Å². The lowest BCUT2D eigenvalue weighted by Gasteiger charge is -2.08. The Morgan fingerprint density at radius 3 is 2.69 bits per heavy atom. The highest BCUT2D eigenvalue weighted by Gasteiger charge is 2.18. The zero-order valence-corrected chi connectivity index (χ0v) is 8.36. The van der Waals surface area contributed by atoms with Crippen molar-refractivity contribution in [3.05, 3.63) is 34.3 Å². The normalized spacial score (nSPS) is 12.5. The maximum absolute atomic E-state index is 10.7. The predicted octanol–water partition coefficient (Wildman–Crippen LogP) is 1.61. The van der Waals surface area contributed by atoms with E-state index in [0.717, 1.165) is 4.47 Å². The van der Waals surface area contributed by atoms with Gasteiger partial charge in [0.25, 0.3) is 0 Å². The Morgan fingerprint density at radius 1 is 1.54 bits per heavy atom. The van der Waals surface area contributed by atoms with E-state index in [1.165, 1.54) is 0 Å². The van der Waals surface area contributed by atoms with Crippen LogP contribution in [0.2, 0.25) is 0 Å². The second-order valence-electron chi connectivity index (χ2n) is 2.63. The summed E-state index contributed by atoms with van der Waals surface area (Å²) in [5.74, 6) is -1.85. The Kier molecular flexibility index (Phi) is 3.45. The van der Waals surface area contributed by atoms with Gasteiger partial charge in [-0.15, -0.1) is 0 Å². The van der Waals surface area contributed by atoms with Crippen LogP contribution in [0.15, 0.2) is 28.7 Å². The molecule has 0 aliphatic heterocycles. The van der Waals surface area contributed by atoms with Crippen molar-refractivity contribution in [2.24, 2.45) is 0 Å². The molecule has 0 saturated carbocycles. The van der Waals surface area contributed by atoms with E-state index in [9.17, 15) is 4.79 Å². The Balaban J connectivity index is 2.98. The van der Waals surface area contributed by atoms with Crippen LogP contribution in [0.5, 0.6) is 0 Å². The summed E-state index contributed by atoms with van der Waals surface area (Å²) in [6.07, 6.45) is 0. The molecule has 13 heavy (non-hydrogen) atoms. The first-order valence-electron chi connectivity index (χ1n) is 3.74. The number of carbonyl (C=O) groups is 1. The summed E-state index contributed by atoms with van der Waals surface area (Å²) in [5, 5.41) is 17.6. The summed E-state index contributed by atoms with van der Waals surface area (Å²) < 4.78 is 0.810. The minimum Gasteiger partial charge on any atom is -0.481 e. The predicted molar refractivity (Wildman–Crippen MR) is 51.6 cm³/mol. The number of aliphatic hydroxyl groups excluding tert-OH is 1. The number of rotatable bonds is 3. The van der Waals surface area contributed by atoms with Crippen molar-refractivity contribution < 1.29 is 15.0 Å². The van der Waals surface area contributed by atoms with Crippen LogP contribution < -0.4 is 0 Å². The van der Waals surface area contributed by atoms with Gasteiger partial charge in [-0.05, 0) is 17.7 Å². The number of hydrogen-bond acceptors (Lipinski definition) is 2. The van der Waals surface area contributed by atoms with Gasteiger partial charge in [-0.2, -0.15) is 0 Å². The smallest absolute Gasteiger partial charge is 0.313 e. The molecule has 0 heterocycles. The van der Waals surface area contributed by atoms with E-state index < -0.39 is 11.9 Å². The molecule has 0 spiro atoms. The third kappa shape index (κ3) is 2.54. The van der Waals surface area contributed by atoms with Gasteiger partial charge in [-0.3, -0.25) is 4.79 Å². The SMILES string of the molecule is O=C(O)[C@@H](CO)c1cccc(Br)c1. The third-order valence-electron chi connectivity index (χ3n) is 1.73. The molecule has 0 amide bonds.